The van der Waals surface area contributed by atoms with Crippen molar-refractivity contribution >= 4 is 5.91 Å². The molecular weight excluding hydrogens is 194 g/mol. The summed E-state index contributed by atoms with van der Waals surface area (Å²) >= 11 is 0. The maximum Gasteiger partial charge on any atom is 0.236 e. The van der Waals surface area contributed by atoms with Crippen LogP contribution in [0, 0.1) is 0 Å². The molecule has 1 atom stereocenters. The monoisotopic (exact) mass is 209 g/mol. The molecule has 1 amide bonds. The number of amides is 1. The molecule has 1 aliphatic rings. The standard InChI is InChI=1S/C10H15N3O2/c11-10(14)9-6-12-3-4-13(9)7-8-2-1-5-15-8/h1-2,5,9,12H,3-4,6-7H2,(H2,11,14). The lowest BCUT2D eigenvalue weighted by atomic mass is 10.1. The molecule has 0 saturated carbocycles. The Hall–Kier alpha value is -1.33. The summed E-state index contributed by atoms with van der Waals surface area (Å²) in [7, 11) is 0. The maximum absolute atomic E-state index is 11.2. The average Bonchev–Trinajstić information content (AvgIpc) is 2.71. The van der Waals surface area contributed by atoms with E-state index in [0.717, 1.165) is 18.8 Å². The highest BCUT2D eigenvalue weighted by Gasteiger charge is 2.26. The summed E-state index contributed by atoms with van der Waals surface area (Å²) in [6, 6.07) is 3.51. The van der Waals surface area contributed by atoms with Crippen LogP contribution >= 0.6 is 0 Å². The highest BCUT2D eigenvalue weighted by molar-refractivity contribution is 5.80. The molecule has 3 N–H and O–H groups in total. The lowest BCUT2D eigenvalue weighted by Crippen LogP contribution is -2.56. The minimum Gasteiger partial charge on any atom is -0.468 e. The quantitative estimate of drug-likeness (QED) is 0.706. The third-order valence-electron chi connectivity index (χ3n) is 2.62. The van der Waals surface area contributed by atoms with Crippen molar-refractivity contribution in [2.75, 3.05) is 19.6 Å². The van der Waals surface area contributed by atoms with Gasteiger partial charge in [0.15, 0.2) is 0 Å². The van der Waals surface area contributed by atoms with Crippen LogP contribution in [0.4, 0.5) is 0 Å². The van der Waals surface area contributed by atoms with Crippen LogP contribution in [0.2, 0.25) is 0 Å². The molecule has 1 aromatic rings. The molecule has 5 heteroatoms. The van der Waals surface area contributed by atoms with Gasteiger partial charge < -0.3 is 15.5 Å². The van der Waals surface area contributed by atoms with Crippen LogP contribution in [-0.2, 0) is 11.3 Å². The van der Waals surface area contributed by atoms with E-state index in [4.69, 9.17) is 10.2 Å². The SMILES string of the molecule is NC(=O)C1CNCCN1Cc1ccco1. The minimum absolute atomic E-state index is 0.233. The number of carbonyl (C=O) groups is 1. The van der Waals surface area contributed by atoms with E-state index in [0.29, 0.717) is 13.1 Å². The molecule has 1 aromatic heterocycles. The zero-order valence-electron chi connectivity index (χ0n) is 8.48. The van der Waals surface area contributed by atoms with Gasteiger partial charge in [-0.15, -0.1) is 0 Å². The zero-order valence-corrected chi connectivity index (χ0v) is 8.48. The predicted octanol–water partition coefficient (Wildman–Crippen LogP) is -0.461. The normalized spacial score (nSPS) is 22.8. The van der Waals surface area contributed by atoms with Gasteiger partial charge in [-0.05, 0) is 12.1 Å². The molecule has 0 spiro atoms. The van der Waals surface area contributed by atoms with E-state index in [1.807, 2.05) is 17.0 Å². The number of furan rings is 1. The first kappa shape index (κ1) is 10.2. The Morgan fingerprint density at radius 2 is 2.60 bits per heavy atom. The molecule has 0 aliphatic carbocycles. The minimum atomic E-state index is -0.284. The Labute approximate surface area is 88.2 Å². The second-order valence-electron chi connectivity index (χ2n) is 3.67. The Balaban J connectivity index is 2.02. The molecule has 1 saturated heterocycles. The van der Waals surface area contributed by atoms with Gasteiger partial charge in [-0.3, -0.25) is 9.69 Å². The largest absolute Gasteiger partial charge is 0.468 e. The van der Waals surface area contributed by atoms with E-state index in [1.165, 1.54) is 0 Å². The Kier molecular flexibility index (Phi) is 3.03. The van der Waals surface area contributed by atoms with Crippen LogP contribution in [0.3, 0.4) is 0 Å². The number of rotatable bonds is 3. The van der Waals surface area contributed by atoms with Crippen molar-refractivity contribution < 1.29 is 9.21 Å². The van der Waals surface area contributed by atoms with Gasteiger partial charge in [0.2, 0.25) is 5.91 Å². The average molecular weight is 209 g/mol. The molecule has 2 rings (SSSR count). The summed E-state index contributed by atoms with van der Waals surface area (Å²) in [4.78, 5) is 13.2. The highest BCUT2D eigenvalue weighted by Crippen LogP contribution is 2.10. The number of nitrogens with two attached hydrogens (primary N) is 1. The Bertz CT molecular complexity index is 323. The fourth-order valence-electron chi connectivity index (χ4n) is 1.82. The lowest BCUT2D eigenvalue weighted by molar-refractivity contribution is -0.124. The van der Waals surface area contributed by atoms with E-state index < -0.39 is 0 Å². The predicted molar refractivity (Wildman–Crippen MR) is 55.0 cm³/mol. The van der Waals surface area contributed by atoms with Crippen molar-refractivity contribution in [3.63, 3.8) is 0 Å². The fourth-order valence-corrected chi connectivity index (χ4v) is 1.82. The third kappa shape index (κ3) is 2.37. The molecule has 82 valence electrons. The number of primary amides is 1. The molecule has 0 bridgehead atoms. The second-order valence-corrected chi connectivity index (χ2v) is 3.67. The summed E-state index contributed by atoms with van der Waals surface area (Å²) < 4.78 is 5.25. The molecule has 1 aliphatic heterocycles. The van der Waals surface area contributed by atoms with Crippen LogP contribution in [-0.4, -0.2) is 36.5 Å². The van der Waals surface area contributed by atoms with Crippen molar-refractivity contribution in [2.24, 2.45) is 5.73 Å². The molecule has 0 radical (unpaired) electrons. The fraction of sp³-hybridized carbons (Fsp3) is 0.500. The second kappa shape index (κ2) is 4.46. The van der Waals surface area contributed by atoms with Gasteiger partial charge >= 0.3 is 0 Å². The number of hydrogen-bond acceptors (Lipinski definition) is 4. The van der Waals surface area contributed by atoms with E-state index in [2.05, 4.69) is 5.32 Å². The summed E-state index contributed by atoms with van der Waals surface area (Å²) in [5.41, 5.74) is 5.34. The van der Waals surface area contributed by atoms with Gasteiger partial charge in [-0.2, -0.15) is 0 Å². The van der Waals surface area contributed by atoms with Gasteiger partial charge in [-0.25, -0.2) is 0 Å². The van der Waals surface area contributed by atoms with Gasteiger partial charge in [-0.1, -0.05) is 0 Å². The van der Waals surface area contributed by atoms with Crippen LogP contribution < -0.4 is 11.1 Å². The Morgan fingerprint density at radius 1 is 1.73 bits per heavy atom. The number of carbonyl (C=O) groups excluding carboxylic acids is 1. The number of hydrogen-bond donors (Lipinski definition) is 2. The Morgan fingerprint density at radius 3 is 3.27 bits per heavy atom. The molecule has 1 fully saturated rings. The number of piperazine rings is 1. The van der Waals surface area contributed by atoms with Crippen molar-refractivity contribution in [1.29, 1.82) is 0 Å². The molecule has 15 heavy (non-hydrogen) atoms. The van der Waals surface area contributed by atoms with Crippen LogP contribution in [0.25, 0.3) is 0 Å². The summed E-state index contributed by atoms with van der Waals surface area (Å²) in [6.45, 7) is 2.96. The lowest BCUT2D eigenvalue weighted by Gasteiger charge is -2.33. The zero-order chi connectivity index (χ0) is 10.7. The first-order valence-corrected chi connectivity index (χ1v) is 5.04. The van der Waals surface area contributed by atoms with Gasteiger partial charge in [0.25, 0.3) is 0 Å². The molecule has 1 unspecified atom stereocenters. The van der Waals surface area contributed by atoms with Crippen LogP contribution in [0.5, 0.6) is 0 Å². The third-order valence-corrected chi connectivity index (χ3v) is 2.62. The molecule has 5 nitrogen and oxygen atoms in total. The van der Waals surface area contributed by atoms with Crippen LogP contribution in [0.15, 0.2) is 22.8 Å². The number of nitrogens with zero attached hydrogens (tertiary/aromatic N) is 1. The van der Waals surface area contributed by atoms with E-state index in [1.54, 1.807) is 6.26 Å². The van der Waals surface area contributed by atoms with Crippen molar-refractivity contribution in [3.8, 4) is 0 Å². The molecule has 2 heterocycles. The van der Waals surface area contributed by atoms with Gasteiger partial charge in [0.05, 0.1) is 12.8 Å². The van der Waals surface area contributed by atoms with Gasteiger partial charge in [0, 0.05) is 19.6 Å². The van der Waals surface area contributed by atoms with Crippen molar-refractivity contribution in [1.82, 2.24) is 10.2 Å². The highest BCUT2D eigenvalue weighted by atomic mass is 16.3. The first-order valence-electron chi connectivity index (χ1n) is 5.04. The van der Waals surface area contributed by atoms with Crippen LogP contribution in [0.1, 0.15) is 5.76 Å². The van der Waals surface area contributed by atoms with Crippen molar-refractivity contribution in [3.05, 3.63) is 24.2 Å². The van der Waals surface area contributed by atoms with E-state index in [-0.39, 0.29) is 11.9 Å². The maximum atomic E-state index is 11.2. The van der Waals surface area contributed by atoms with E-state index in [9.17, 15) is 4.79 Å². The van der Waals surface area contributed by atoms with E-state index >= 15 is 0 Å². The summed E-state index contributed by atoms with van der Waals surface area (Å²) in [5, 5.41) is 3.15. The molecule has 0 aromatic carbocycles. The number of nitrogens with one attached hydrogen (secondary N) is 1. The first-order chi connectivity index (χ1) is 7.27. The topological polar surface area (TPSA) is 71.5 Å². The summed E-state index contributed by atoms with van der Waals surface area (Å²) in [5.74, 6) is 0.580. The van der Waals surface area contributed by atoms with Crippen molar-refractivity contribution in [2.45, 2.75) is 12.6 Å². The summed E-state index contributed by atoms with van der Waals surface area (Å²) in [6.07, 6.45) is 1.64. The molecular formula is C10H15N3O2. The van der Waals surface area contributed by atoms with Gasteiger partial charge in [0.1, 0.15) is 11.8 Å². The smallest absolute Gasteiger partial charge is 0.236 e.